The minimum absolute atomic E-state index is 0.184. The molecule has 0 saturated carbocycles. The molecule has 0 N–H and O–H groups in total. The van der Waals surface area contributed by atoms with Gasteiger partial charge >= 0.3 is 6.18 Å². The topological polar surface area (TPSA) is 21.8 Å². The lowest BCUT2D eigenvalue weighted by Crippen LogP contribution is -2.09. The van der Waals surface area contributed by atoms with Gasteiger partial charge in [0.1, 0.15) is 11.9 Å². The number of methoxy groups -OCH3 is 1. The quantitative estimate of drug-likeness (QED) is 0.712. The predicted molar refractivity (Wildman–Crippen MR) is 46.7 cm³/mol. The third kappa shape index (κ3) is 2.07. The van der Waals surface area contributed by atoms with Crippen LogP contribution in [-0.4, -0.2) is 13.7 Å². The van der Waals surface area contributed by atoms with Crippen LogP contribution in [0.1, 0.15) is 17.2 Å². The Morgan fingerprint density at radius 2 is 2.07 bits per heavy atom. The molecular weight excluding hydrogens is 209 g/mol. The normalized spacial score (nSPS) is 20.1. The molecule has 82 valence electrons. The molecule has 1 aliphatic heterocycles. The second-order valence-corrected chi connectivity index (χ2v) is 3.27. The van der Waals surface area contributed by atoms with E-state index in [2.05, 4.69) is 0 Å². The third-order valence-electron chi connectivity index (χ3n) is 2.25. The SMILES string of the molecule is COc1ccc([C@H]2CO2)c(C(F)(F)F)c1. The number of epoxide rings is 1. The number of ether oxygens (including phenoxy) is 2. The largest absolute Gasteiger partial charge is 0.497 e. The van der Waals surface area contributed by atoms with Crippen molar-refractivity contribution in [2.75, 3.05) is 13.7 Å². The molecule has 15 heavy (non-hydrogen) atoms. The zero-order valence-electron chi connectivity index (χ0n) is 7.97. The first-order valence-electron chi connectivity index (χ1n) is 4.39. The van der Waals surface area contributed by atoms with E-state index in [0.29, 0.717) is 6.61 Å². The molecule has 1 aromatic rings. The van der Waals surface area contributed by atoms with E-state index >= 15 is 0 Å². The van der Waals surface area contributed by atoms with Crippen LogP contribution in [0.5, 0.6) is 5.75 Å². The molecule has 1 heterocycles. The van der Waals surface area contributed by atoms with Crippen LogP contribution >= 0.6 is 0 Å². The van der Waals surface area contributed by atoms with E-state index < -0.39 is 17.8 Å². The van der Waals surface area contributed by atoms with Crippen molar-refractivity contribution in [3.05, 3.63) is 29.3 Å². The maximum absolute atomic E-state index is 12.6. The van der Waals surface area contributed by atoms with Crippen LogP contribution in [0.2, 0.25) is 0 Å². The first kappa shape index (κ1) is 10.3. The molecule has 0 unspecified atom stereocenters. The van der Waals surface area contributed by atoms with E-state index in [0.717, 1.165) is 6.07 Å². The second-order valence-electron chi connectivity index (χ2n) is 3.27. The maximum atomic E-state index is 12.6. The Hall–Kier alpha value is -1.23. The van der Waals surface area contributed by atoms with Crippen molar-refractivity contribution in [2.24, 2.45) is 0 Å². The van der Waals surface area contributed by atoms with E-state index in [9.17, 15) is 13.2 Å². The molecule has 5 heteroatoms. The standard InChI is InChI=1S/C10H9F3O2/c1-14-6-2-3-7(9-5-15-9)8(4-6)10(11,12)13/h2-4,9H,5H2,1H3/t9-/m1/s1. The molecular formula is C10H9F3O2. The molecule has 1 aliphatic rings. The minimum atomic E-state index is -4.37. The average Bonchev–Trinajstić information content (AvgIpc) is 2.99. The fraction of sp³-hybridized carbons (Fsp3) is 0.400. The molecule has 1 aromatic carbocycles. The van der Waals surface area contributed by atoms with Gasteiger partial charge < -0.3 is 9.47 Å². The van der Waals surface area contributed by atoms with E-state index in [1.165, 1.54) is 19.2 Å². The molecule has 0 amide bonds. The summed E-state index contributed by atoms with van der Waals surface area (Å²) in [4.78, 5) is 0. The van der Waals surface area contributed by atoms with Crippen molar-refractivity contribution < 1.29 is 22.6 Å². The molecule has 1 fully saturated rings. The lowest BCUT2D eigenvalue weighted by atomic mass is 10.0. The predicted octanol–water partition coefficient (Wildman–Crippen LogP) is 2.79. The van der Waals surface area contributed by atoms with Crippen molar-refractivity contribution in [3.63, 3.8) is 0 Å². The highest BCUT2D eigenvalue weighted by atomic mass is 19.4. The summed E-state index contributed by atoms with van der Waals surface area (Å²) < 4.78 is 47.6. The van der Waals surface area contributed by atoms with Crippen molar-refractivity contribution in [3.8, 4) is 5.75 Å². The number of halogens is 3. The van der Waals surface area contributed by atoms with Gasteiger partial charge in [-0.3, -0.25) is 0 Å². The van der Waals surface area contributed by atoms with Gasteiger partial charge in [-0.1, -0.05) is 6.07 Å². The van der Waals surface area contributed by atoms with Gasteiger partial charge in [0.25, 0.3) is 0 Å². The zero-order chi connectivity index (χ0) is 11.1. The summed E-state index contributed by atoms with van der Waals surface area (Å²) >= 11 is 0. The van der Waals surface area contributed by atoms with Gasteiger partial charge in [-0.15, -0.1) is 0 Å². The number of hydrogen-bond acceptors (Lipinski definition) is 2. The molecule has 1 saturated heterocycles. The molecule has 0 bridgehead atoms. The Morgan fingerprint density at radius 1 is 1.40 bits per heavy atom. The molecule has 2 nitrogen and oxygen atoms in total. The van der Waals surface area contributed by atoms with Crippen molar-refractivity contribution in [1.29, 1.82) is 0 Å². The second kappa shape index (κ2) is 3.41. The smallest absolute Gasteiger partial charge is 0.416 e. The Bertz CT molecular complexity index is 369. The van der Waals surface area contributed by atoms with Crippen LogP contribution in [0.15, 0.2) is 18.2 Å². The van der Waals surface area contributed by atoms with Gasteiger partial charge in [-0.05, 0) is 17.7 Å². The summed E-state index contributed by atoms with van der Waals surface area (Å²) in [5.41, 5.74) is -0.493. The molecule has 1 atom stereocenters. The van der Waals surface area contributed by atoms with Crippen molar-refractivity contribution in [1.82, 2.24) is 0 Å². The van der Waals surface area contributed by atoms with E-state index in [4.69, 9.17) is 9.47 Å². The van der Waals surface area contributed by atoms with Crippen LogP contribution in [0.3, 0.4) is 0 Å². The van der Waals surface area contributed by atoms with Crippen LogP contribution in [-0.2, 0) is 10.9 Å². The number of rotatable bonds is 2. The van der Waals surface area contributed by atoms with Crippen LogP contribution in [0, 0.1) is 0 Å². The van der Waals surface area contributed by atoms with Crippen LogP contribution in [0.4, 0.5) is 13.2 Å². The summed E-state index contributed by atoms with van der Waals surface area (Å²) in [6, 6.07) is 3.91. The summed E-state index contributed by atoms with van der Waals surface area (Å²) in [6.45, 7) is 0.357. The summed E-state index contributed by atoms with van der Waals surface area (Å²) in [5, 5.41) is 0. The number of benzene rings is 1. The number of hydrogen-bond donors (Lipinski definition) is 0. The van der Waals surface area contributed by atoms with Gasteiger partial charge in [0.05, 0.1) is 19.3 Å². The third-order valence-corrected chi connectivity index (χ3v) is 2.25. The first-order chi connectivity index (χ1) is 7.02. The fourth-order valence-electron chi connectivity index (χ4n) is 1.42. The summed E-state index contributed by atoms with van der Waals surface area (Å²) in [6.07, 6.45) is -4.77. The Kier molecular flexibility index (Phi) is 2.34. The van der Waals surface area contributed by atoms with E-state index in [1.807, 2.05) is 0 Å². The van der Waals surface area contributed by atoms with Gasteiger partial charge in [-0.25, -0.2) is 0 Å². The molecule has 0 aliphatic carbocycles. The van der Waals surface area contributed by atoms with Gasteiger partial charge in [0.15, 0.2) is 0 Å². The lowest BCUT2D eigenvalue weighted by molar-refractivity contribution is -0.138. The van der Waals surface area contributed by atoms with E-state index in [1.54, 1.807) is 0 Å². The summed E-state index contributed by atoms with van der Waals surface area (Å²) in [5.74, 6) is 0.201. The fourth-order valence-corrected chi connectivity index (χ4v) is 1.42. The molecule has 2 rings (SSSR count). The highest BCUT2D eigenvalue weighted by Crippen LogP contribution is 2.41. The molecule has 0 radical (unpaired) electrons. The van der Waals surface area contributed by atoms with Crippen molar-refractivity contribution >= 4 is 0 Å². The van der Waals surface area contributed by atoms with Crippen LogP contribution < -0.4 is 4.74 Å². The van der Waals surface area contributed by atoms with Gasteiger partial charge in [0, 0.05) is 0 Å². The summed E-state index contributed by atoms with van der Waals surface area (Å²) in [7, 11) is 1.34. The van der Waals surface area contributed by atoms with Gasteiger partial charge in [-0.2, -0.15) is 13.2 Å². The van der Waals surface area contributed by atoms with Gasteiger partial charge in [0.2, 0.25) is 0 Å². The maximum Gasteiger partial charge on any atom is 0.416 e. The van der Waals surface area contributed by atoms with Crippen molar-refractivity contribution in [2.45, 2.75) is 12.3 Å². The Morgan fingerprint density at radius 3 is 2.53 bits per heavy atom. The molecule has 0 spiro atoms. The Labute approximate surface area is 84.6 Å². The Balaban J connectivity index is 2.45. The van der Waals surface area contributed by atoms with Crippen LogP contribution in [0.25, 0.3) is 0 Å². The minimum Gasteiger partial charge on any atom is -0.497 e. The first-order valence-corrected chi connectivity index (χ1v) is 4.39. The zero-order valence-corrected chi connectivity index (χ0v) is 7.97. The molecule has 0 aromatic heterocycles. The highest BCUT2D eigenvalue weighted by Gasteiger charge is 2.39. The monoisotopic (exact) mass is 218 g/mol. The van der Waals surface area contributed by atoms with E-state index in [-0.39, 0.29) is 11.3 Å². The number of alkyl halides is 3. The highest BCUT2D eigenvalue weighted by molar-refractivity contribution is 5.39. The lowest BCUT2D eigenvalue weighted by Gasteiger charge is -2.12. The average molecular weight is 218 g/mol.